The van der Waals surface area contributed by atoms with Crippen LogP contribution in [0.4, 0.5) is 5.82 Å². The summed E-state index contributed by atoms with van der Waals surface area (Å²) in [5.41, 5.74) is 1.15. The van der Waals surface area contributed by atoms with Gasteiger partial charge in [0.15, 0.2) is 0 Å². The summed E-state index contributed by atoms with van der Waals surface area (Å²) in [5, 5.41) is 0. The number of hydrogen-bond donors (Lipinski definition) is 0. The van der Waals surface area contributed by atoms with E-state index in [9.17, 15) is 0 Å². The topological polar surface area (TPSA) is 29.0 Å². The van der Waals surface area contributed by atoms with Crippen LogP contribution in [0.15, 0.2) is 6.07 Å². The number of aryl methyl sites for hydroxylation is 2. The fourth-order valence-corrected chi connectivity index (χ4v) is 2.55. The van der Waals surface area contributed by atoms with Crippen LogP contribution in [0.5, 0.6) is 0 Å². The van der Waals surface area contributed by atoms with Gasteiger partial charge in [0.1, 0.15) is 11.6 Å². The zero-order valence-corrected chi connectivity index (χ0v) is 11.4. The second-order valence-corrected chi connectivity index (χ2v) is 5.30. The lowest BCUT2D eigenvalue weighted by Crippen LogP contribution is -2.41. The van der Waals surface area contributed by atoms with Crippen molar-refractivity contribution in [1.29, 1.82) is 0 Å². The first-order valence-corrected chi connectivity index (χ1v) is 6.71. The molecular formula is C14H23N3. The summed E-state index contributed by atoms with van der Waals surface area (Å²) in [6.45, 7) is 9.89. The highest BCUT2D eigenvalue weighted by Crippen LogP contribution is 2.26. The summed E-state index contributed by atoms with van der Waals surface area (Å²) in [6, 6.07) is 2.76. The Bertz CT molecular complexity index is 389. The quantitative estimate of drug-likeness (QED) is 0.786. The minimum absolute atomic E-state index is 0.602. The van der Waals surface area contributed by atoms with Gasteiger partial charge in [-0.25, -0.2) is 9.97 Å². The zero-order valence-electron chi connectivity index (χ0n) is 11.4. The monoisotopic (exact) mass is 233 g/mol. The zero-order chi connectivity index (χ0) is 12.4. The van der Waals surface area contributed by atoms with E-state index in [1.165, 1.54) is 12.8 Å². The summed E-state index contributed by atoms with van der Waals surface area (Å²) in [4.78, 5) is 11.5. The van der Waals surface area contributed by atoms with Crippen LogP contribution in [-0.2, 0) is 6.42 Å². The minimum atomic E-state index is 0.602. The van der Waals surface area contributed by atoms with E-state index in [2.05, 4.69) is 41.7 Å². The van der Waals surface area contributed by atoms with E-state index in [0.29, 0.717) is 6.04 Å². The van der Waals surface area contributed by atoms with Crippen LogP contribution in [0.2, 0.25) is 0 Å². The molecule has 3 nitrogen and oxygen atoms in total. The van der Waals surface area contributed by atoms with Crippen molar-refractivity contribution in [2.24, 2.45) is 5.92 Å². The number of piperidine rings is 1. The molecule has 94 valence electrons. The molecule has 0 radical (unpaired) electrons. The molecule has 2 heterocycles. The predicted octanol–water partition coefficient (Wildman–Crippen LogP) is 2.97. The first kappa shape index (κ1) is 12.3. The van der Waals surface area contributed by atoms with E-state index in [0.717, 1.165) is 36.2 Å². The molecule has 1 fully saturated rings. The summed E-state index contributed by atoms with van der Waals surface area (Å²) < 4.78 is 0. The molecular weight excluding hydrogens is 210 g/mol. The molecule has 0 aromatic carbocycles. The first-order valence-electron chi connectivity index (χ1n) is 6.71. The molecule has 0 bridgehead atoms. The summed E-state index contributed by atoms with van der Waals surface area (Å²) in [5.74, 6) is 2.78. The van der Waals surface area contributed by atoms with E-state index in [-0.39, 0.29) is 0 Å². The lowest BCUT2D eigenvalue weighted by atomic mass is 9.95. The molecule has 0 spiro atoms. The summed E-state index contributed by atoms with van der Waals surface area (Å²) >= 11 is 0. The van der Waals surface area contributed by atoms with Crippen LogP contribution in [0.3, 0.4) is 0 Å². The second-order valence-electron chi connectivity index (χ2n) is 5.30. The average molecular weight is 233 g/mol. The smallest absolute Gasteiger partial charge is 0.132 e. The SMILES string of the molecule is CCc1cc(N2CC(C)CCC2C)nc(C)n1. The number of anilines is 1. The van der Waals surface area contributed by atoms with Gasteiger partial charge in [0.25, 0.3) is 0 Å². The van der Waals surface area contributed by atoms with Gasteiger partial charge in [-0.05, 0) is 39.0 Å². The van der Waals surface area contributed by atoms with Gasteiger partial charge in [0.05, 0.1) is 0 Å². The van der Waals surface area contributed by atoms with Crippen molar-refractivity contribution >= 4 is 5.82 Å². The molecule has 1 aromatic rings. The van der Waals surface area contributed by atoms with Gasteiger partial charge in [-0.1, -0.05) is 13.8 Å². The van der Waals surface area contributed by atoms with Crippen LogP contribution in [0, 0.1) is 12.8 Å². The first-order chi connectivity index (χ1) is 8.10. The third-order valence-corrected chi connectivity index (χ3v) is 3.65. The molecule has 0 aliphatic carbocycles. The van der Waals surface area contributed by atoms with Gasteiger partial charge in [0.2, 0.25) is 0 Å². The highest BCUT2D eigenvalue weighted by molar-refractivity contribution is 5.41. The highest BCUT2D eigenvalue weighted by atomic mass is 15.2. The fourth-order valence-electron chi connectivity index (χ4n) is 2.55. The number of rotatable bonds is 2. The van der Waals surface area contributed by atoms with Gasteiger partial charge in [-0.3, -0.25) is 0 Å². The maximum absolute atomic E-state index is 4.61. The van der Waals surface area contributed by atoms with Crippen molar-refractivity contribution in [3.05, 3.63) is 17.6 Å². The molecule has 2 rings (SSSR count). The number of hydrogen-bond acceptors (Lipinski definition) is 3. The molecule has 0 amide bonds. The minimum Gasteiger partial charge on any atom is -0.354 e. The predicted molar refractivity (Wildman–Crippen MR) is 71.4 cm³/mol. The lowest BCUT2D eigenvalue weighted by Gasteiger charge is -2.37. The molecule has 2 atom stereocenters. The Balaban J connectivity index is 2.28. The Hall–Kier alpha value is -1.12. The standard InChI is InChI=1S/C14H23N3/c1-5-13-8-14(16-12(4)15-13)17-9-10(2)6-7-11(17)3/h8,10-11H,5-7,9H2,1-4H3. The molecule has 1 saturated heterocycles. The molecule has 1 aliphatic rings. The van der Waals surface area contributed by atoms with Crippen molar-refractivity contribution in [3.63, 3.8) is 0 Å². The molecule has 2 unspecified atom stereocenters. The van der Waals surface area contributed by atoms with Gasteiger partial charge < -0.3 is 4.90 Å². The molecule has 0 N–H and O–H groups in total. The lowest BCUT2D eigenvalue weighted by molar-refractivity contribution is 0.387. The third kappa shape index (κ3) is 2.76. The molecule has 3 heteroatoms. The number of aromatic nitrogens is 2. The number of nitrogens with zero attached hydrogens (tertiary/aromatic N) is 3. The van der Waals surface area contributed by atoms with Crippen molar-refractivity contribution in [1.82, 2.24) is 9.97 Å². The van der Waals surface area contributed by atoms with Crippen LogP contribution < -0.4 is 4.90 Å². The van der Waals surface area contributed by atoms with Crippen molar-refractivity contribution < 1.29 is 0 Å². The van der Waals surface area contributed by atoms with Crippen molar-refractivity contribution in [3.8, 4) is 0 Å². The maximum Gasteiger partial charge on any atom is 0.132 e. The third-order valence-electron chi connectivity index (χ3n) is 3.65. The van der Waals surface area contributed by atoms with Crippen LogP contribution in [0.25, 0.3) is 0 Å². The molecule has 17 heavy (non-hydrogen) atoms. The Kier molecular flexibility index (Phi) is 3.65. The fraction of sp³-hybridized carbons (Fsp3) is 0.714. The Labute approximate surface area is 104 Å². The maximum atomic E-state index is 4.61. The average Bonchev–Trinajstić information content (AvgIpc) is 2.31. The summed E-state index contributed by atoms with van der Waals surface area (Å²) in [7, 11) is 0. The van der Waals surface area contributed by atoms with Gasteiger partial charge in [-0.15, -0.1) is 0 Å². The normalized spacial score (nSPS) is 25.1. The van der Waals surface area contributed by atoms with Gasteiger partial charge in [-0.2, -0.15) is 0 Å². The van der Waals surface area contributed by atoms with E-state index in [1.807, 2.05) is 6.92 Å². The van der Waals surface area contributed by atoms with Crippen molar-refractivity contribution in [2.45, 2.75) is 53.0 Å². The highest BCUT2D eigenvalue weighted by Gasteiger charge is 2.24. The molecule has 0 saturated carbocycles. The largest absolute Gasteiger partial charge is 0.354 e. The Morgan fingerprint density at radius 2 is 2.06 bits per heavy atom. The van der Waals surface area contributed by atoms with Gasteiger partial charge >= 0.3 is 0 Å². The Morgan fingerprint density at radius 1 is 1.29 bits per heavy atom. The van der Waals surface area contributed by atoms with E-state index < -0.39 is 0 Å². The Morgan fingerprint density at radius 3 is 2.76 bits per heavy atom. The summed E-state index contributed by atoms with van der Waals surface area (Å²) in [6.07, 6.45) is 3.59. The van der Waals surface area contributed by atoms with Gasteiger partial charge in [0, 0.05) is 24.3 Å². The van der Waals surface area contributed by atoms with Crippen LogP contribution >= 0.6 is 0 Å². The van der Waals surface area contributed by atoms with Crippen LogP contribution in [0.1, 0.15) is 45.1 Å². The molecule has 1 aliphatic heterocycles. The molecule has 1 aromatic heterocycles. The van der Waals surface area contributed by atoms with E-state index in [4.69, 9.17) is 0 Å². The van der Waals surface area contributed by atoms with E-state index in [1.54, 1.807) is 0 Å². The van der Waals surface area contributed by atoms with E-state index >= 15 is 0 Å². The second kappa shape index (κ2) is 5.03. The van der Waals surface area contributed by atoms with Crippen molar-refractivity contribution in [2.75, 3.05) is 11.4 Å². The van der Waals surface area contributed by atoms with Crippen LogP contribution in [-0.4, -0.2) is 22.6 Å².